The number of rotatable bonds is 3. The Morgan fingerprint density at radius 2 is 2.09 bits per heavy atom. The Balaban J connectivity index is 1.76. The number of aryl methyl sites for hydroxylation is 1. The molecule has 1 aliphatic rings. The fraction of sp³-hybridized carbons (Fsp3) is 0.438. The van der Waals surface area contributed by atoms with E-state index < -0.39 is 0 Å². The molecule has 2 heterocycles. The molecule has 0 bridgehead atoms. The number of hydrogen-bond acceptors (Lipinski definition) is 4. The van der Waals surface area contributed by atoms with Crippen LogP contribution >= 0.6 is 0 Å². The first kappa shape index (κ1) is 14.7. The molecular formula is C16H21N5O. The van der Waals surface area contributed by atoms with E-state index in [1.54, 1.807) is 11.0 Å². The van der Waals surface area contributed by atoms with Crippen LogP contribution in [0.25, 0.3) is 5.69 Å². The number of nitrogens with zero attached hydrogens (tertiary/aromatic N) is 4. The molecule has 1 saturated heterocycles. The van der Waals surface area contributed by atoms with Crippen LogP contribution < -0.4 is 5.32 Å². The van der Waals surface area contributed by atoms with Gasteiger partial charge in [-0.2, -0.15) is 5.10 Å². The lowest BCUT2D eigenvalue weighted by atomic mass is 10.0. The second kappa shape index (κ2) is 6.27. The third-order valence-corrected chi connectivity index (χ3v) is 4.31. The van der Waals surface area contributed by atoms with Crippen LogP contribution in [0.15, 0.2) is 30.9 Å². The summed E-state index contributed by atoms with van der Waals surface area (Å²) in [4.78, 5) is 18.6. The van der Waals surface area contributed by atoms with Crippen molar-refractivity contribution in [2.24, 2.45) is 0 Å². The van der Waals surface area contributed by atoms with E-state index in [0.717, 1.165) is 42.7 Å². The average Bonchev–Trinajstić information content (AvgIpc) is 3.09. The first-order valence-corrected chi connectivity index (χ1v) is 7.61. The Labute approximate surface area is 130 Å². The zero-order valence-corrected chi connectivity index (χ0v) is 13.0. The lowest BCUT2D eigenvalue weighted by Crippen LogP contribution is -2.44. The maximum atomic E-state index is 12.7. The highest BCUT2D eigenvalue weighted by Crippen LogP contribution is 2.18. The lowest BCUT2D eigenvalue weighted by molar-refractivity contribution is 0.0706. The smallest absolute Gasteiger partial charge is 0.254 e. The van der Waals surface area contributed by atoms with Crippen LogP contribution in [0.3, 0.4) is 0 Å². The molecular weight excluding hydrogens is 278 g/mol. The quantitative estimate of drug-likeness (QED) is 0.930. The number of hydrogen-bond donors (Lipinski definition) is 1. The minimum absolute atomic E-state index is 0.122. The van der Waals surface area contributed by atoms with Crippen LogP contribution in [0.5, 0.6) is 0 Å². The van der Waals surface area contributed by atoms with Gasteiger partial charge in [-0.05, 0) is 50.6 Å². The average molecular weight is 299 g/mol. The van der Waals surface area contributed by atoms with Gasteiger partial charge in [-0.3, -0.25) is 4.79 Å². The molecule has 1 amide bonds. The number of benzene rings is 1. The molecule has 0 atom stereocenters. The van der Waals surface area contributed by atoms with Crippen molar-refractivity contribution in [3.8, 4) is 5.69 Å². The SMILES string of the molecule is CNC1CCN(C(=O)c2ccc(-n3cncn3)cc2C)CC1. The zero-order valence-electron chi connectivity index (χ0n) is 13.0. The normalized spacial score (nSPS) is 16.0. The van der Waals surface area contributed by atoms with Crippen LogP contribution in [0.4, 0.5) is 0 Å². The van der Waals surface area contributed by atoms with E-state index >= 15 is 0 Å². The summed E-state index contributed by atoms with van der Waals surface area (Å²) >= 11 is 0. The molecule has 1 aromatic carbocycles. The summed E-state index contributed by atoms with van der Waals surface area (Å²) in [5, 5.41) is 7.40. The van der Waals surface area contributed by atoms with E-state index in [0.29, 0.717) is 6.04 Å². The first-order chi connectivity index (χ1) is 10.7. The summed E-state index contributed by atoms with van der Waals surface area (Å²) in [6.45, 7) is 3.59. The molecule has 0 saturated carbocycles. The summed E-state index contributed by atoms with van der Waals surface area (Å²) < 4.78 is 1.69. The Kier molecular flexibility index (Phi) is 4.20. The summed E-state index contributed by atoms with van der Waals surface area (Å²) in [7, 11) is 1.98. The van der Waals surface area contributed by atoms with Crippen molar-refractivity contribution >= 4 is 5.91 Å². The Morgan fingerprint density at radius 1 is 1.32 bits per heavy atom. The molecule has 1 aromatic heterocycles. The topological polar surface area (TPSA) is 63.1 Å². The molecule has 0 radical (unpaired) electrons. The number of carbonyl (C=O) groups excluding carboxylic acids is 1. The van der Waals surface area contributed by atoms with Crippen molar-refractivity contribution in [1.82, 2.24) is 25.0 Å². The fourth-order valence-electron chi connectivity index (χ4n) is 2.91. The largest absolute Gasteiger partial charge is 0.339 e. The molecule has 2 aromatic rings. The Bertz CT molecular complexity index is 645. The maximum absolute atomic E-state index is 12.7. The van der Waals surface area contributed by atoms with Gasteiger partial charge in [0.1, 0.15) is 12.7 Å². The summed E-state index contributed by atoms with van der Waals surface area (Å²) in [5.41, 5.74) is 2.65. The third-order valence-electron chi connectivity index (χ3n) is 4.31. The molecule has 0 unspecified atom stereocenters. The molecule has 1 aliphatic heterocycles. The van der Waals surface area contributed by atoms with Gasteiger partial charge in [0.15, 0.2) is 0 Å². The van der Waals surface area contributed by atoms with Gasteiger partial charge in [-0.1, -0.05) is 0 Å². The van der Waals surface area contributed by atoms with Crippen molar-refractivity contribution in [3.05, 3.63) is 42.0 Å². The number of piperidine rings is 1. The number of likely N-dealkylation sites (tertiary alicyclic amines) is 1. The van der Waals surface area contributed by atoms with Crippen molar-refractivity contribution in [2.75, 3.05) is 20.1 Å². The highest BCUT2D eigenvalue weighted by Gasteiger charge is 2.23. The monoisotopic (exact) mass is 299 g/mol. The van der Waals surface area contributed by atoms with E-state index in [4.69, 9.17) is 0 Å². The summed E-state index contributed by atoms with van der Waals surface area (Å²) in [6.07, 6.45) is 5.18. The second-order valence-corrected chi connectivity index (χ2v) is 5.69. The van der Waals surface area contributed by atoms with Crippen molar-refractivity contribution in [1.29, 1.82) is 0 Å². The molecule has 1 fully saturated rings. The molecule has 0 spiro atoms. The summed E-state index contributed by atoms with van der Waals surface area (Å²) in [5.74, 6) is 0.122. The minimum atomic E-state index is 0.122. The van der Waals surface area contributed by atoms with E-state index in [9.17, 15) is 4.79 Å². The summed E-state index contributed by atoms with van der Waals surface area (Å²) in [6, 6.07) is 6.30. The van der Waals surface area contributed by atoms with Gasteiger partial charge in [0.25, 0.3) is 5.91 Å². The van der Waals surface area contributed by atoms with Crippen molar-refractivity contribution in [2.45, 2.75) is 25.8 Å². The number of nitrogens with one attached hydrogen (secondary N) is 1. The number of carbonyl (C=O) groups is 1. The minimum Gasteiger partial charge on any atom is -0.339 e. The van der Waals surface area contributed by atoms with Gasteiger partial charge in [-0.25, -0.2) is 9.67 Å². The molecule has 6 heteroatoms. The van der Waals surface area contributed by atoms with Crippen LogP contribution in [0.1, 0.15) is 28.8 Å². The zero-order chi connectivity index (χ0) is 15.5. The first-order valence-electron chi connectivity index (χ1n) is 7.61. The number of amides is 1. The molecule has 6 nitrogen and oxygen atoms in total. The van der Waals surface area contributed by atoms with Gasteiger partial charge < -0.3 is 10.2 Å². The van der Waals surface area contributed by atoms with Gasteiger partial charge in [0.05, 0.1) is 5.69 Å². The molecule has 1 N–H and O–H groups in total. The number of aromatic nitrogens is 3. The van der Waals surface area contributed by atoms with Gasteiger partial charge in [0, 0.05) is 24.7 Å². The predicted octanol–water partition coefficient (Wildman–Crippen LogP) is 1.40. The lowest BCUT2D eigenvalue weighted by Gasteiger charge is -2.32. The van der Waals surface area contributed by atoms with Crippen molar-refractivity contribution < 1.29 is 4.79 Å². The van der Waals surface area contributed by atoms with E-state index in [1.165, 1.54) is 6.33 Å². The van der Waals surface area contributed by atoms with Gasteiger partial charge >= 0.3 is 0 Å². The van der Waals surface area contributed by atoms with Crippen LogP contribution in [-0.4, -0.2) is 51.8 Å². The Hall–Kier alpha value is -2.21. The van der Waals surface area contributed by atoms with Crippen LogP contribution in [0, 0.1) is 6.92 Å². The van der Waals surface area contributed by atoms with Crippen molar-refractivity contribution in [3.63, 3.8) is 0 Å². The molecule has 22 heavy (non-hydrogen) atoms. The predicted molar refractivity (Wildman–Crippen MR) is 84.1 cm³/mol. The Morgan fingerprint density at radius 3 is 2.68 bits per heavy atom. The van der Waals surface area contributed by atoms with E-state index in [2.05, 4.69) is 15.4 Å². The van der Waals surface area contributed by atoms with Gasteiger partial charge in [-0.15, -0.1) is 0 Å². The van der Waals surface area contributed by atoms with Gasteiger partial charge in [0.2, 0.25) is 0 Å². The van der Waals surface area contributed by atoms with E-state index in [-0.39, 0.29) is 5.91 Å². The maximum Gasteiger partial charge on any atom is 0.254 e. The van der Waals surface area contributed by atoms with Crippen LogP contribution in [-0.2, 0) is 0 Å². The molecule has 116 valence electrons. The van der Waals surface area contributed by atoms with E-state index in [1.807, 2.05) is 37.1 Å². The van der Waals surface area contributed by atoms with Crippen LogP contribution in [0.2, 0.25) is 0 Å². The third kappa shape index (κ3) is 2.87. The standard InChI is InChI=1S/C16H21N5O/c1-12-9-14(21-11-18-10-19-21)3-4-15(12)16(22)20-7-5-13(17-2)6-8-20/h3-4,9-11,13,17H,5-8H2,1-2H3. The highest BCUT2D eigenvalue weighted by molar-refractivity contribution is 5.96. The molecule has 0 aliphatic carbocycles. The second-order valence-electron chi connectivity index (χ2n) is 5.69. The fourth-order valence-corrected chi connectivity index (χ4v) is 2.91. The highest BCUT2D eigenvalue weighted by atomic mass is 16.2. The molecule has 3 rings (SSSR count).